The Balaban J connectivity index is 1.73. The van der Waals surface area contributed by atoms with Crippen LogP contribution in [-0.2, 0) is 4.79 Å². The summed E-state index contributed by atoms with van der Waals surface area (Å²) < 4.78 is 0. The minimum absolute atomic E-state index is 0.0505. The van der Waals surface area contributed by atoms with E-state index >= 15 is 0 Å². The second kappa shape index (κ2) is 12.5. The molecule has 2 aliphatic carbocycles. The molecule has 0 aromatic rings. The number of allylic oxidation sites excluding steroid dienone is 2. The summed E-state index contributed by atoms with van der Waals surface area (Å²) in [5.41, 5.74) is 1.54. The lowest BCUT2D eigenvalue weighted by molar-refractivity contribution is -0.118. The predicted octanol–water partition coefficient (Wildman–Crippen LogP) is 4.76. The van der Waals surface area contributed by atoms with Gasteiger partial charge in [-0.15, -0.1) is 0 Å². The first-order chi connectivity index (χ1) is 13.9. The topological polar surface area (TPSA) is 69.6 Å². The Hall–Kier alpha value is -1.13. The Morgan fingerprint density at radius 2 is 2.10 bits per heavy atom. The van der Waals surface area contributed by atoms with E-state index < -0.39 is 6.10 Å². The van der Waals surface area contributed by atoms with E-state index in [1.54, 1.807) is 12.5 Å². The number of carbonyl (C=O) groups excluding carboxylic acids is 1. The highest BCUT2D eigenvalue weighted by atomic mass is 16.3. The van der Waals surface area contributed by atoms with Crippen LogP contribution >= 0.6 is 0 Å². The Morgan fingerprint density at radius 3 is 2.83 bits per heavy atom. The second-order valence-corrected chi connectivity index (χ2v) is 9.47. The lowest BCUT2D eigenvalue weighted by atomic mass is 9.88. The molecule has 0 spiro atoms. The summed E-state index contributed by atoms with van der Waals surface area (Å²) in [6.45, 7) is 6.76. The number of nitrogens with one attached hydrogen (secondary N) is 1. The molecule has 29 heavy (non-hydrogen) atoms. The van der Waals surface area contributed by atoms with Crippen molar-refractivity contribution >= 4 is 5.91 Å². The van der Waals surface area contributed by atoms with E-state index in [1.165, 1.54) is 25.7 Å². The zero-order valence-electron chi connectivity index (χ0n) is 18.8. The number of unbranched alkanes of at least 4 members (excludes halogenated alkanes) is 3. The van der Waals surface area contributed by atoms with Gasteiger partial charge >= 0.3 is 0 Å². The fourth-order valence-electron chi connectivity index (χ4n) is 5.13. The van der Waals surface area contributed by atoms with E-state index in [0.29, 0.717) is 17.8 Å². The summed E-state index contributed by atoms with van der Waals surface area (Å²) in [5, 5.41) is 23.7. The molecule has 0 aromatic carbocycles. The summed E-state index contributed by atoms with van der Waals surface area (Å²) in [6.07, 6.45) is 16.6. The van der Waals surface area contributed by atoms with Crippen LogP contribution in [0.25, 0.3) is 0 Å². The van der Waals surface area contributed by atoms with Crippen molar-refractivity contribution in [3.8, 4) is 0 Å². The number of aliphatic hydroxyl groups excluding tert-OH is 2. The van der Waals surface area contributed by atoms with Gasteiger partial charge in [-0.25, -0.2) is 0 Å². The average molecular weight is 406 g/mol. The molecule has 2 rings (SSSR count). The van der Waals surface area contributed by atoms with Crippen LogP contribution in [0.4, 0.5) is 0 Å². The quantitative estimate of drug-likeness (QED) is 0.306. The first kappa shape index (κ1) is 24.1. The Labute approximate surface area is 177 Å². The van der Waals surface area contributed by atoms with Crippen molar-refractivity contribution in [1.82, 2.24) is 5.32 Å². The highest BCUT2D eigenvalue weighted by molar-refractivity contribution is 5.72. The molecule has 1 amide bonds. The molecule has 3 N–H and O–H groups in total. The summed E-state index contributed by atoms with van der Waals surface area (Å²) in [5.74, 6) is 1.76. The number of fused-ring (bicyclic) bond motifs is 1. The first-order valence-corrected chi connectivity index (χ1v) is 11.9. The van der Waals surface area contributed by atoms with Gasteiger partial charge < -0.3 is 15.5 Å². The van der Waals surface area contributed by atoms with Crippen molar-refractivity contribution in [2.75, 3.05) is 6.54 Å². The molecule has 0 saturated heterocycles. The molecule has 0 aliphatic heterocycles. The van der Waals surface area contributed by atoms with Crippen LogP contribution in [-0.4, -0.2) is 34.9 Å². The van der Waals surface area contributed by atoms with Gasteiger partial charge in [-0.2, -0.15) is 0 Å². The molecule has 0 unspecified atom stereocenters. The van der Waals surface area contributed by atoms with Crippen LogP contribution in [0.3, 0.4) is 0 Å². The summed E-state index contributed by atoms with van der Waals surface area (Å²) in [7, 11) is 0. The van der Waals surface area contributed by atoms with Gasteiger partial charge in [0.15, 0.2) is 0 Å². The molecule has 0 bridgehead atoms. The Bertz CT molecular complexity index is 556. The molecule has 166 valence electrons. The number of hydrogen-bond acceptors (Lipinski definition) is 3. The molecular weight excluding hydrogens is 362 g/mol. The largest absolute Gasteiger partial charge is 0.392 e. The van der Waals surface area contributed by atoms with Gasteiger partial charge in [0.25, 0.3) is 0 Å². The Kier molecular flexibility index (Phi) is 10.4. The zero-order valence-corrected chi connectivity index (χ0v) is 18.8. The van der Waals surface area contributed by atoms with E-state index in [2.05, 4.69) is 31.3 Å². The molecule has 4 nitrogen and oxygen atoms in total. The summed E-state index contributed by atoms with van der Waals surface area (Å²) >= 11 is 0. The third kappa shape index (κ3) is 8.25. The molecule has 0 aromatic heterocycles. The number of amides is 1. The van der Waals surface area contributed by atoms with Crippen molar-refractivity contribution in [3.05, 3.63) is 23.8 Å². The fraction of sp³-hybridized carbons (Fsp3) is 0.800. The molecular formula is C25H43NO3. The van der Waals surface area contributed by atoms with Crippen molar-refractivity contribution in [3.63, 3.8) is 0 Å². The van der Waals surface area contributed by atoms with Crippen molar-refractivity contribution in [2.24, 2.45) is 23.7 Å². The van der Waals surface area contributed by atoms with Gasteiger partial charge in [0.2, 0.25) is 5.91 Å². The first-order valence-electron chi connectivity index (χ1n) is 11.9. The molecule has 4 heteroatoms. The van der Waals surface area contributed by atoms with Gasteiger partial charge in [-0.05, 0) is 56.3 Å². The van der Waals surface area contributed by atoms with E-state index in [0.717, 1.165) is 45.1 Å². The molecule has 0 radical (unpaired) electrons. The normalized spacial score (nSPS) is 28.4. The van der Waals surface area contributed by atoms with Crippen LogP contribution in [0.1, 0.15) is 85.0 Å². The lowest BCUT2D eigenvalue weighted by Gasteiger charge is -2.19. The van der Waals surface area contributed by atoms with Crippen LogP contribution in [0.15, 0.2) is 23.8 Å². The van der Waals surface area contributed by atoms with Crippen LogP contribution in [0, 0.1) is 23.7 Å². The van der Waals surface area contributed by atoms with Crippen LogP contribution in [0.2, 0.25) is 0 Å². The predicted molar refractivity (Wildman–Crippen MR) is 119 cm³/mol. The van der Waals surface area contributed by atoms with Crippen LogP contribution < -0.4 is 5.32 Å². The van der Waals surface area contributed by atoms with E-state index in [1.807, 2.05) is 6.08 Å². The van der Waals surface area contributed by atoms with E-state index in [9.17, 15) is 15.0 Å². The zero-order chi connectivity index (χ0) is 21.2. The SMILES string of the molecule is CCCC[C@H](C)C[C@H](O)C=C[C@@H]1[C@H]2CC(CCCCCNC(C)=O)=C[C@H]2C[C@H]1O. The monoisotopic (exact) mass is 405 g/mol. The third-order valence-electron chi connectivity index (χ3n) is 6.75. The number of hydrogen-bond donors (Lipinski definition) is 3. The highest BCUT2D eigenvalue weighted by Gasteiger charge is 2.43. The number of aliphatic hydroxyl groups is 2. The maximum atomic E-state index is 10.9. The second-order valence-electron chi connectivity index (χ2n) is 9.47. The third-order valence-corrected chi connectivity index (χ3v) is 6.75. The van der Waals surface area contributed by atoms with Gasteiger partial charge in [-0.1, -0.05) is 63.3 Å². The highest BCUT2D eigenvalue weighted by Crippen LogP contribution is 2.48. The molecule has 2 aliphatic rings. The van der Waals surface area contributed by atoms with Gasteiger partial charge in [0, 0.05) is 19.4 Å². The van der Waals surface area contributed by atoms with Crippen molar-refractivity contribution in [1.29, 1.82) is 0 Å². The molecule has 6 atom stereocenters. The summed E-state index contributed by atoms with van der Waals surface area (Å²) in [4.78, 5) is 10.9. The van der Waals surface area contributed by atoms with Crippen molar-refractivity contribution < 1.29 is 15.0 Å². The Morgan fingerprint density at radius 1 is 1.31 bits per heavy atom. The molecule has 0 heterocycles. The maximum Gasteiger partial charge on any atom is 0.216 e. The lowest BCUT2D eigenvalue weighted by Crippen LogP contribution is -2.20. The smallest absolute Gasteiger partial charge is 0.216 e. The van der Waals surface area contributed by atoms with E-state index in [-0.39, 0.29) is 17.9 Å². The standard InChI is InChI=1S/C25H43NO3/c1-4-5-9-18(2)14-22(28)11-12-23-24-16-20(15-21(24)17-25(23)29)10-7-6-8-13-26-19(3)27/h11-12,15,18,21-25,28-29H,4-10,13-14,16-17H2,1-3H3,(H,26,27)/t18-,21-,22+,23+,24-,25+/m0/s1. The molecule has 1 saturated carbocycles. The maximum absolute atomic E-state index is 10.9. The number of carbonyl (C=O) groups is 1. The van der Waals surface area contributed by atoms with Crippen molar-refractivity contribution in [2.45, 2.75) is 97.2 Å². The van der Waals surface area contributed by atoms with Gasteiger partial charge in [0.1, 0.15) is 0 Å². The number of rotatable bonds is 13. The van der Waals surface area contributed by atoms with Gasteiger partial charge in [-0.3, -0.25) is 4.79 Å². The minimum Gasteiger partial charge on any atom is -0.392 e. The van der Waals surface area contributed by atoms with E-state index in [4.69, 9.17) is 0 Å². The fourth-order valence-corrected chi connectivity index (χ4v) is 5.13. The minimum atomic E-state index is -0.398. The molecule has 1 fully saturated rings. The average Bonchev–Trinajstić information content (AvgIpc) is 3.17. The van der Waals surface area contributed by atoms with Crippen LogP contribution in [0.5, 0.6) is 0 Å². The van der Waals surface area contributed by atoms with Gasteiger partial charge in [0.05, 0.1) is 12.2 Å². The summed E-state index contributed by atoms with van der Waals surface area (Å²) in [6, 6.07) is 0.